The first kappa shape index (κ1) is 21.6. The molecule has 4 aromatic rings. The molecule has 32 heavy (non-hydrogen) atoms. The number of fused-ring (bicyclic) bond motifs is 1. The van der Waals surface area contributed by atoms with Gasteiger partial charge >= 0.3 is 6.18 Å². The van der Waals surface area contributed by atoms with Crippen LogP contribution in [-0.4, -0.2) is 16.1 Å². The number of nitriles is 1. The van der Waals surface area contributed by atoms with E-state index < -0.39 is 17.1 Å². The molecule has 1 amide bonds. The van der Waals surface area contributed by atoms with Crippen LogP contribution in [0.1, 0.15) is 10.8 Å². The molecule has 0 aliphatic rings. The van der Waals surface area contributed by atoms with Crippen LogP contribution in [0.25, 0.3) is 16.8 Å². The van der Waals surface area contributed by atoms with Gasteiger partial charge in [0.1, 0.15) is 17.4 Å². The summed E-state index contributed by atoms with van der Waals surface area (Å²) in [6.07, 6.45) is -3.46. The summed E-state index contributed by atoms with van der Waals surface area (Å²) in [4.78, 5) is 13.2. The van der Waals surface area contributed by atoms with Crippen molar-refractivity contribution in [2.45, 2.75) is 16.2 Å². The van der Waals surface area contributed by atoms with Crippen LogP contribution < -0.4 is 5.32 Å². The van der Waals surface area contributed by atoms with Gasteiger partial charge in [-0.15, -0.1) is 10.2 Å². The molecule has 0 spiro atoms. The van der Waals surface area contributed by atoms with E-state index in [0.717, 1.165) is 15.7 Å². The monoisotopic (exact) mass is 472 g/mol. The Labute approximate surface area is 187 Å². The van der Waals surface area contributed by atoms with Crippen molar-refractivity contribution in [1.82, 2.24) is 10.2 Å². The number of hydrogen-bond acceptors (Lipinski definition) is 7. The van der Waals surface area contributed by atoms with Crippen molar-refractivity contribution in [2.24, 2.45) is 0 Å². The number of furan rings is 1. The molecule has 2 aromatic carbocycles. The van der Waals surface area contributed by atoms with Crippen LogP contribution in [0.2, 0.25) is 0 Å². The Bertz CT molecular complexity index is 1360. The van der Waals surface area contributed by atoms with Crippen molar-refractivity contribution in [3.05, 3.63) is 70.9 Å². The third-order valence-corrected chi connectivity index (χ3v) is 5.98. The molecule has 0 unspecified atom stereocenters. The third kappa shape index (κ3) is 4.82. The lowest BCUT2D eigenvalue weighted by Crippen LogP contribution is -2.13. The number of amides is 1. The zero-order valence-corrected chi connectivity index (χ0v) is 17.5. The second-order valence-electron chi connectivity index (χ2n) is 6.27. The highest BCUT2D eigenvalue weighted by Crippen LogP contribution is 2.35. The number of anilines is 1. The van der Waals surface area contributed by atoms with E-state index in [2.05, 4.69) is 15.5 Å². The molecule has 4 rings (SSSR count). The molecule has 6 nitrogen and oxygen atoms in total. The fourth-order valence-corrected chi connectivity index (χ4v) is 4.24. The fourth-order valence-electron chi connectivity index (χ4n) is 2.70. The molecule has 0 fully saturated rings. The van der Waals surface area contributed by atoms with Crippen molar-refractivity contribution >= 4 is 51.0 Å². The van der Waals surface area contributed by atoms with Gasteiger partial charge in [-0.05, 0) is 29.0 Å². The Morgan fingerprint density at radius 3 is 2.66 bits per heavy atom. The number of hydrogen-bond donors (Lipinski definition) is 1. The number of halogens is 3. The first-order valence-electron chi connectivity index (χ1n) is 8.93. The van der Waals surface area contributed by atoms with Crippen LogP contribution in [0, 0.1) is 11.3 Å². The summed E-state index contributed by atoms with van der Waals surface area (Å²) in [6, 6.07) is 18.8. The summed E-state index contributed by atoms with van der Waals surface area (Å²) >= 11 is 1.55. The summed E-state index contributed by atoms with van der Waals surface area (Å²) < 4.78 is 43.5. The van der Waals surface area contributed by atoms with Crippen LogP contribution in [0.5, 0.6) is 0 Å². The second-order valence-corrected chi connectivity index (χ2v) is 8.29. The second kappa shape index (κ2) is 8.86. The van der Waals surface area contributed by atoms with E-state index in [1.165, 1.54) is 17.8 Å². The SMILES string of the molecule is N#C/C(=C/c1ccc(Sc2cccc3ccccc23)o1)C(=O)Nc1nnc(C(F)(F)F)s1. The van der Waals surface area contributed by atoms with Gasteiger partial charge in [0.25, 0.3) is 5.91 Å². The van der Waals surface area contributed by atoms with Gasteiger partial charge in [-0.3, -0.25) is 10.1 Å². The molecule has 0 saturated heterocycles. The minimum absolute atomic E-state index is 0.166. The van der Waals surface area contributed by atoms with Crippen LogP contribution in [-0.2, 0) is 11.0 Å². The number of carbonyl (C=O) groups is 1. The summed E-state index contributed by atoms with van der Waals surface area (Å²) in [5, 5.41) is 18.8. The minimum Gasteiger partial charge on any atom is -0.450 e. The maximum atomic E-state index is 12.6. The van der Waals surface area contributed by atoms with Gasteiger partial charge in [-0.1, -0.05) is 59.5 Å². The zero-order chi connectivity index (χ0) is 22.7. The zero-order valence-electron chi connectivity index (χ0n) is 15.9. The van der Waals surface area contributed by atoms with Crippen molar-refractivity contribution in [1.29, 1.82) is 5.26 Å². The Balaban J connectivity index is 1.50. The first-order valence-corrected chi connectivity index (χ1v) is 10.6. The number of nitrogens with zero attached hydrogens (tertiary/aromatic N) is 3. The highest BCUT2D eigenvalue weighted by atomic mass is 32.2. The summed E-state index contributed by atoms with van der Waals surface area (Å²) in [5.74, 6) is -0.676. The van der Waals surface area contributed by atoms with Gasteiger partial charge in [0, 0.05) is 11.0 Å². The lowest BCUT2D eigenvalue weighted by Gasteiger charge is -2.04. The van der Waals surface area contributed by atoms with Gasteiger partial charge in [0.2, 0.25) is 10.1 Å². The van der Waals surface area contributed by atoms with Crippen molar-refractivity contribution in [2.75, 3.05) is 5.32 Å². The number of nitrogens with one attached hydrogen (secondary N) is 1. The lowest BCUT2D eigenvalue weighted by atomic mass is 10.1. The molecule has 0 aliphatic heterocycles. The quantitative estimate of drug-likeness (QED) is 0.283. The molecule has 0 saturated carbocycles. The van der Waals surface area contributed by atoms with Gasteiger partial charge in [-0.25, -0.2) is 0 Å². The lowest BCUT2D eigenvalue weighted by molar-refractivity contribution is -0.138. The van der Waals surface area contributed by atoms with Gasteiger partial charge in [0.05, 0.1) is 0 Å². The van der Waals surface area contributed by atoms with Gasteiger partial charge in [-0.2, -0.15) is 18.4 Å². The van der Waals surface area contributed by atoms with E-state index in [0.29, 0.717) is 5.09 Å². The summed E-state index contributed by atoms with van der Waals surface area (Å²) in [5.41, 5.74) is -0.357. The molecular formula is C21H11F3N4O2S2. The Hall–Kier alpha value is -3.62. The molecule has 160 valence electrons. The summed E-state index contributed by atoms with van der Waals surface area (Å²) in [6.45, 7) is 0. The molecule has 2 aromatic heterocycles. The maximum absolute atomic E-state index is 12.6. The molecule has 0 bridgehead atoms. The predicted molar refractivity (Wildman–Crippen MR) is 114 cm³/mol. The number of benzene rings is 2. The molecule has 0 radical (unpaired) electrons. The highest BCUT2D eigenvalue weighted by molar-refractivity contribution is 7.99. The molecule has 0 aliphatic carbocycles. The van der Waals surface area contributed by atoms with Crippen LogP contribution in [0.4, 0.5) is 18.3 Å². The van der Waals surface area contributed by atoms with Crippen molar-refractivity contribution in [3.63, 3.8) is 0 Å². The Morgan fingerprint density at radius 2 is 1.91 bits per heavy atom. The Morgan fingerprint density at radius 1 is 1.12 bits per heavy atom. The van der Waals surface area contributed by atoms with E-state index in [1.807, 2.05) is 42.5 Å². The Kier molecular flexibility index (Phi) is 5.98. The van der Waals surface area contributed by atoms with E-state index in [-0.39, 0.29) is 27.8 Å². The molecule has 0 atom stereocenters. The molecular weight excluding hydrogens is 461 g/mol. The van der Waals surface area contributed by atoms with E-state index in [4.69, 9.17) is 4.42 Å². The number of aromatic nitrogens is 2. The molecule has 11 heteroatoms. The summed E-state index contributed by atoms with van der Waals surface area (Å²) in [7, 11) is 0. The maximum Gasteiger partial charge on any atom is 0.445 e. The fraction of sp³-hybridized carbons (Fsp3) is 0.0476. The van der Waals surface area contributed by atoms with E-state index >= 15 is 0 Å². The van der Waals surface area contributed by atoms with Crippen molar-refractivity contribution in [3.8, 4) is 6.07 Å². The van der Waals surface area contributed by atoms with Gasteiger partial charge < -0.3 is 4.42 Å². The van der Waals surface area contributed by atoms with E-state index in [1.54, 1.807) is 18.2 Å². The number of carbonyl (C=O) groups excluding carboxylic acids is 1. The molecule has 1 N–H and O–H groups in total. The van der Waals surface area contributed by atoms with Crippen LogP contribution in [0.15, 0.2) is 74.6 Å². The normalized spacial score (nSPS) is 12.0. The average Bonchev–Trinajstić information content (AvgIpc) is 3.41. The third-order valence-electron chi connectivity index (χ3n) is 4.10. The minimum atomic E-state index is -4.67. The van der Waals surface area contributed by atoms with Crippen LogP contribution in [0.3, 0.4) is 0 Å². The van der Waals surface area contributed by atoms with Crippen LogP contribution >= 0.6 is 23.1 Å². The van der Waals surface area contributed by atoms with Gasteiger partial charge in [0.15, 0.2) is 5.09 Å². The largest absolute Gasteiger partial charge is 0.450 e. The topological polar surface area (TPSA) is 91.8 Å². The predicted octanol–water partition coefficient (Wildman–Crippen LogP) is 6.00. The highest BCUT2D eigenvalue weighted by Gasteiger charge is 2.35. The number of alkyl halides is 3. The van der Waals surface area contributed by atoms with E-state index in [9.17, 15) is 23.2 Å². The molecule has 2 heterocycles. The standard InChI is InChI=1S/C21H11F3N4O2S2/c22-21(23,24)19-27-28-20(32-19)26-18(29)13(11-25)10-14-8-9-17(30-14)31-16-7-3-5-12-4-1-2-6-15(12)16/h1-10H,(H,26,28,29)/b13-10-. The average molecular weight is 472 g/mol. The first-order chi connectivity index (χ1) is 15.3. The smallest absolute Gasteiger partial charge is 0.445 e. The number of rotatable bonds is 5. The van der Waals surface area contributed by atoms with Crippen molar-refractivity contribution < 1.29 is 22.4 Å².